The molecule has 0 spiro atoms. The largest absolute Gasteiger partial charge is 0.416 e. The number of nitrogens with zero attached hydrogens (tertiary/aromatic N) is 5. The zero-order valence-corrected chi connectivity index (χ0v) is 11.3. The van der Waals surface area contributed by atoms with Crippen molar-refractivity contribution in [3.05, 3.63) is 49.7 Å². The standard InChI is InChI=1S/C11H5F3N6O4/c12-11(13,14)6-1-7(19(21)22)9(8(2-6)20(23)24)18-10(16)5(3-15)4-17-18/h1-2,4H,16H2. The second-order valence-corrected chi connectivity index (χ2v) is 4.34. The van der Waals surface area contributed by atoms with Gasteiger partial charge in [0.2, 0.25) is 5.69 Å². The Kier molecular flexibility index (Phi) is 3.82. The highest BCUT2D eigenvalue weighted by atomic mass is 19.4. The normalized spacial score (nSPS) is 11.1. The van der Waals surface area contributed by atoms with Gasteiger partial charge in [-0.25, -0.2) is 4.68 Å². The van der Waals surface area contributed by atoms with E-state index in [9.17, 15) is 33.4 Å². The zero-order chi connectivity index (χ0) is 18.2. The van der Waals surface area contributed by atoms with Crippen molar-refractivity contribution in [1.82, 2.24) is 9.78 Å². The molecule has 2 aromatic rings. The molecule has 10 nitrogen and oxygen atoms in total. The van der Waals surface area contributed by atoms with E-state index in [1.54, 1.807) is 6.07 Å². The van der Waals surface area contributed by atoms with Crippen LogP contribution in [0, 0.1) is 31.6 Å². The Balaban J connectivity index is 2.93. The first-order chi connectivity index (χ1) is 11.1. The molecule has 124 valence electrons. The minimum absolute atomic E-state index is 0.134. The number of nitrogen functional groups attached to an aromatic ring is 1. The van der Waals surface area contributed by atoms with Crippen LogP contribution in [0.1, 0.15) is 11.1 Å². The molecule has 2 rings (SSSR count). The van der Waals surface area contributed by atoms with E-state index in [1.807, 2.05) is 0 Å². The van der Waals surface area contributed by atoms with Gasteiger partial charge in [-0.3, -0.25) is 20.2 Å². The van der Waals surface area contributed by atoms with E-state index in [1.165, 1.54) is 0 Å². The Hall–Kier alpha value is -3.69. The number of nitrogens with two attached hydrogens (primary N) is 1. The number of anilines is 1. The molecule has 1 heterocycles. The summed E-state index contributed by atoms with van der Waals surface area (Å²) in [5.41, 5.74) is 0.364. The second kappa shape index (κ2) is 5.50. The van der Waals surface area contributed by atoms with E-state index in [0.717, 1.165) is 6.20 Å². The Morgan fingerprint density at radius 3 is 2.04 bits per heavy atom. The third-order valence-corrected chi connectivity index (χ3v) is 2.93. The van der Waals surface area contributed by atoms with Gasteiger partial charge in [0.25, 0.3) is 0 Å². The summed E-state index contributed by atoms with van der Waals surface area (Å²) in [6.07, 6.45) is -4.16. The van der Waals surface area contributed by atoms with Crippen molar-refractivity contribution < 1.29 is 23.0 Å². The Labute approximate surface area is 129 Å². The molecule has 24 heavy (non-hydrogen) atoms. The highest BCUT2D eigenvalue weighted by Gasteiger charge is 2.39. The fourth-order valence-electron chi connectivity index (χ4n) is 1.89. The predicted octanol–water partition coefficient (Wildman–Crippen LogP) is 2.16. The topological polar surface area (TPSA) is 154 Å². The van der Waals surface area contributed by atoms with Gasteiger partial charge in [-0.2, -0.15) is 23.5 Å². The molecule has 1 aromatic heterocycles. The van der Waals surface area contributed by atoms with Crippen molar-refractivity contribution in [3.8, 4) is 11.8 Å². The molecule has 0 bridgehead atoms. The van der Waals surface area contributed by atoms with Crippen molar-refractivity contribution in [1.29, 1.82) is 5.26 Å². The van der Waals surface area contributed by atoms with Crippen LogP contribution in [0.25, 0.3) is 5.69 Å². The number of nitro groups is 2. The number of aromatic nitrogens is 2. The van der Waals surface area contributed by atoms with Crippen LogP contribution in [0.15, 0.2) is 18.3 Å². The highest BCUT2D eigenvalue weighted by Crippen LogP contribution is 2.40. The molecule has 0 unspecified atom stereocenters. The first-order valence-electron chi connectivity index (χ1n) is 5.86. The maximum absolute atomic E-state index is 12.8. The van der Waals surface area contributed by atoms with Gasteiger partial charge in [0.15, 0.2) is 0 Å². The summed E-state index contributed by atoms with van der Waals surface area (Å²) >= 11 is 0. The summed E-state index contributed by atoms with van der Waals surface area (Å²) < 4.78 is 38.9. The maximum atomic E-state index is 12.8. The smallest absolute Gasteiger partial charge is 0.382 e. The minimum Gasteiger partial charge on any atom is -0.382 e. The van der Waals surface area contributed by atoms with Crippen LogP contribution in [0.3, 0.4) is 0 Å². The summed E-state index contributed by atoms with van der Waals surface area (Å²) in [5, 5.41) is 34.5. The first-order valence-corrected chi connectivity index (χ1v) is 5.86. The zero-order valence-electron chi connectivity index (χ0n) is 11.3. The molecule has 0 radical (unpaired) electrons. The number of hydrogen-bond acceptors (Lipinski definition) is 7. The molecule has 0 amide bonds. The van der Waals surface area contributed by atoms with Crippen LogP contribution < -0.4 is 5.73 Å². The van der Waals surface area contributed by atoms with Crippen molar-refractivity contribution in [3.63, 3.8) is 0 Å². The Morgan fingerprint density at radius 1 is 1.21 bits per heavy atom. The molecule has 0 aliphatic rings. The quantitative estimate of drug-likeness (QED) is 0.662. The lowest BCUT2D eigenvalue weighted by atomic mass is 10.1. The van der Waals surface area contributed by atoms with E-state index in [0.29, 0.717) is 4.68 Å². The lowest BCUT2D eigenvalue weighted by Gasteiger charge is -2.10. The van der Waals surface area contributed by atoms with Crippen molar-refractivity contribution in [2.45, 2.75) is 6.18 Å². The predicted molar refractivity (Wildman–Crippen MR) is 71.0 cm³/mol. The number of nitriles is 1. The second-order valence-electron chi connectivity index (χ2n) is 4.34. The molecular formula is C11H5F3N6O4. The van der Waals surface area contributed by atoms with Gasteiger partial charge < -0.3 is 5.73 Å². The monoisotopic (exact) mass is 342 g/mol. The summed E-state index contributed by atoms with van der Waals surface area (Å²) in [4.78, 5) is 19.7. The van der Waals surface area contributed by atoms with Crippen molar-refractivity contribution >= 4 is 17.2 Å². The summed E-state index contributed by atoms with van der Waals surface area (Å²) in [5.74, 6) is -0.483. The fourth-order valence-corrected chi connectivity index (χ4v) is 1.89. The van der Waals surface area contributed by atoms with Gasteiger partial charge in [-0.1, -0.05) is 0 Å². The van der Waals surface area contributed by atoms with Gasteiger partial charge >= 0.3 is 17.6 Å². The van der Waals surface area contributed by atoms with Crippen LogP contribution in [0.4, 0.5) is 30.4 Å². The highest BCUT2D eigenvalue weighted by molar-refractivity contribution is 5.70. The number of alkyl halides is 3. The molecule has 0 atom stereocenters. The van der Waals surface area contributed by atoms with Crippen molar-refractivity contribution in [2.75, 3.05) is 5.73 Å². The molecule has 1 aromatic carbocycles. The number of rotatable bonds is 3. The molecule has 0 aliphatic carbocycles. The van der Waals surface area contributed by atoms with E-state index >= 15 is 0 Å². The molecule has 2 N–H and O–H groups in total. The summed E-state index contributed by atoms with van der Waals surface area (Å²) in [6.45, 7) is 0. The SMILES string of the molecule is N#Cc1cnn(-c2c([N+](=O)[O-])cc(C(F)(F)F)cc2[N+](=O)[O-])c1N. The first kappa shape index (κ1) is 16.7. The summed E-state index contributed by atoms with van der Waals surface area (Å²) in [6, 6.07) is 1.86. The van der Waals surface area contributed by atoms with Crippen LogP contribution in [-0.2, 0) is 6.18 Å². The number of nitro benzene ring substituents is 2. The number of benzene rings is 1. The minimum atomic E-state index is -5.04. The van der Waals surface area contributed by atoms with Gasteiger partial charge in [-0.15, -0.1) is 0 Å². The summed E-state index contributed by atoms with van der Waals surface area (Å²) in [7, 11) is 0. The maximum Gasteiger partial charge on any atom is 0.416 e. The number of hydrogen-bond donors (Lipinski definition) is 1. The van der Waals surface area contributed by atoms with Crippen LogP contribution in [-0.4, -0.2) is 19.6 Å². The molecule has 0 fully saturated rings. The number of halogens is 3. The molecule has 0 saturated carbocycles. The third kappa shape index (κ3) is 2.67. The molecule has 13 heteroatoms. The van der Waals surface area contributed by atoms with E-state index in [2.05, 4.69) is 5.10 Å². The van der Waals surface area contributed by atoms with Crippen molar-refractivity contribution in [2.24, 2.45) is 0 Å². The van der Waals surface area contributed by atoms with E-state index in [-0.39, 0.29) is 17.7 Å². The average Bonchev–Trinajstić information content (AvgIpc) is 2.85. The van der Waals surface area contributed by atoms with Crippen LogP contribution in [0.2, 0.25) is 0 Å². The van der Waals surface area contributed by atoms with Gasteiger partial charge in [0.05, 0.1) is 21.6 Å². The fraction of sp³-hybridized carbons (Fsp3) is 0.0909. The average molecular weight is 342 g/mol. The molecular weight excluding hydrogens is 337 g/mol. The van der Waals surface area contributed by atoms with Crippen LogP contribution >= 0.6 is 0 Å². The lowest BCUT2D eigenvalue weighted by molar-refractivity contribution is -0.394. The van der Waals surface area contributed by atoms with Crippen LogP contribution in [0.5, 0.6) is 0 Å². The van der Waals surface area contributed by atoms with Gasteiger partial charge in [-0.05, 0) is 0 Å². The van der Waals surface area contributed by atoms with Gasteiger partial charge in [0.1, 0.15) is 17.5 Å². The van der Waals surface area contributed by atoms with E-state index in [4.69, 9.17) is 11.0 Å². The third-order valence-electron chi connectivity index (χ3n) is 2.93. The van der Waals surface area contributed by atoms with Gasteiger partial charge in [0, 0.05) is 12.1 Å². The Morgan fingerprint density at radius 2 is 1.71 bits per heavy atom. The molecule has 0 aliphatic heterocycles. The van der Waals surface area contributed by atoms with E-state index < -0.39 is 44.5 Å². The lowest BCUT2D eigenvalue weighted by Crippen LogP contribution is -2.12. The molecule has 0 saturated heterocycles. The Bertz CT molecular complexity index is 863.